The standard InChI is InChI=1S/C44H59ClO6/c1-8-24-44(25-10-27-49-34-19-15-32(16-20-34)28-39(45)42(46)47)26-23-38-37(22-12-30(5)6)40(50-43(48)33-17-13-31(7)14-18-33)36(21-11-29(3)4)35(9-2)41(38)51-44/h13-20,29-30,39H,8-12,21-28H2,1-7H3,(H,46,47). The van der Waals surface area contributed by atoms with Crippen LogP contribution in [0.25, 0.3) is 0 Å². The number of ether oxygens (including phenoxy) is 3. The van der Waals surface area contributed by atoms with Crippen LogP contribution in [0.15, 0.2) is 48.5 Å². The summed E-state index contributed by atoms with van der Waals surface area (Å²) in [6.07, 6.45) is 10.2. The number of halogens is 1. The lowest BCUT2D eigenvalue weighted by Crippen LogP contribution is -2.41. The maximum Gasteiger partial charge on any atom is 0.343 e. The van der Waals surface area contributed by atoms with Crippen molar-refractivity contribution in [3.05, 3.63) is 87.5 Å². The van der Waals surface area contributed by atoms with Gasteiger partial charge in [0.15, 0.2) is 0 Å². The molecule has 1 N–H and O–H groups in total. The Kier molecular flexibility index (Phi) is 14.9. The van der Waals surface area contributed by atoms with E-state index in [-0.39, 0.29) is 18.0 Å². The van der Waals surface area contributed by atoms with Crippen molar-refractivity contribution in [2.45, 2.75) is 136 Å². The van der Waals surface area contributed by atoms with E-state index in [9.17, 15) is 9.59 Å². The highest BCUT2D eigenvalue weighted by Crippen LogP contribution is 2.48. The van der Waals surface area contributed by atoms with E-state index in [0.29, 0.717) is 24.0 Å². The van der Waals surface area contributed by atoms with Gasteiger partial charge in [-0.15, -0.1) is 11.6 Å². The van der Waals surface area contributed by atoms with Gasteiger partial charge in [-0.25, -0.2) is 4.79 Å². The second-order valence-corrected chi connectivity index (χ2v) is 15.7. The number of alkyl halides is 1. The van der Waals surface area contributed by atoms with Gasteiger partial charge >= 0.3 is 11.9 Å². The van der Waals surface area contributed by atoms with E-state index in [0.717, 1.165) is 110 Å². The molecule has 0 spiro atoms. The summed E-state index contributed by atoms with van der Waals surface area (Å²) in [4.78, 5) is 24.8. The molecular formula is C44H59ClO6. The second kappa shape index (κ2) is 18.8. The smallest absolute Gasteiger partial charge is 0.343 e. The van der Waals surface area contributed by atoms with E-state index in [2.05, 4.69) is 41.5 Å². The molecule has 0 saturated heterocycles. The topological polar surface area (TPSA) is 82.1 Å². The van der Waals surface area contributed by atoms with Crippen LogP contribution in [0.4, 0.5) is 0 Å². The predicted molar refractivity (Wildman–Crippen MR) is 207 cm³/mol. The number of fused-ring (bicyclic) bond motifs is 1. The molecule has 1 heterocycles. The van der Waals surface area contributed by atoms with Gasteiger partial charge in [0, 0.05) is 22.3 Å². The van der Waals surface area contributed by atoms with Crippen molar-refractivity contribution >= 4 is 23.5 Å². The molecule has 3 aromatic rings. The number of hydrogen-bond donors (Lipinski definition) is 1. The van der Waals surface area contributed by atoms with Gasteiger partial charge in [0.2, 0.25) is 0 Å². The maximum atomic E-state index is 13.7. The molecule has 0 fully saturated rings. The van der Waals surface area contributed by atoms with Crippen LogP contribution >= 0.6 is 11.6 Å². The van der Waals surface area contributed by atoms with Crippen LogP contribution in [-0.4, -0.2) is 34.6 Å². The molecule has 0 radical (unpaired) electrons. The Balaban J connectivity index is 1.63. The third-order valence-electron chi connectivity index (χ3n) is 10.1. The van der Waals surface area contributed by atoms with E-state index in [1.165, 1.54) is 11.1 Å². The molecule has 2 unspecified atom stereocenters. The van der Waals surface area contributed by atoms with Gasteiger partial charge < -0.3 is 19.3 Å². The van der Waals surface area contributed by atoms with E-state index in [4.69, 9.17) is 30.9 Å². The van der Waals surface area contributed by atoms with Crippen LogP contribution in [0.5, 0.6) is 17.2 Å². The molecule has 0 aliphatic carbocycles. The van der Waals surface area contributed by atoms with Gasteiger partial charge in [0.05, 0.1) is 12.2 Å². The molecule has 0 aromatic heterocycles. The zero-order valence-electron chi connectivity index (χ0n) is 31.9. The van der Waals surface area contributed by atoms with Crippen molar-refractivity contribution in [2.24, 2.45) is 11.8 Å². The summed E-state index contributed by atoms with van der Waals surface area (Å²) in [6, 6.07) is 15.1. The van der Waals surface area contributed by atoms with Gasteiger partial charge in [-0.3, -0.25) is 4.79 Å². The molecule has 7 heteroatoms. The summed E-state index contributed by atoms with van der Waals surface area (Å²) >= 11 is 5.92. The Morgan fingerprint density at radius 1 is 0.902 bits per heavy atom. The van der Waals surface area contributed by atoms with Crippen molar-refractivity contribution in [1.82, 2.24) is 0 Å². The number of hydrogen-bond acceptors (Lipinski definition) is 5. The lowest BCUT2D eigenvalue weighted by Gasteiger charge is -2.41. The lowest BCUT2D eigenvalue weighted by atomic mass is 9.79. The first-order chi connectivity index (χ1) is 24.4. The normalized spacial score (nSPS) is 16.1. The molecule has 0 saturated carbocycles. The Bertz CT molecular complexity index is 1560. The second-order valence-electron chi connectivity index (χ2n) is 15.2. The molecule has 278 valence electrons. The van der Waals surface area contributed by atoms with Crippen LogP contribution in [0.1, 0.15) is 130 Å². The first-order valence-electron chi connectivity index (χ1n) is 19.1. The fourth-order valence-corrected chi connectivity index (χ4v) is 7.36. The van der Waals surface area contributed by atoms with Gasteiger partial charge in [-0.2, -0.15) is 0 Å². The van der Waals surface area contributed by atoms with Crippen molar-refractivity contribution < 1.29 is 28.9 Å². The minimum atomic E-state index is -1.02. The number of carboxylic acids is 1. The fourth-order valence-electron chi connectivity index (χ4n) is 7.19. The first kappa shape index (κ1) is 40.3. The summed E-state index contributed by atoms with van der Waals surface area (Å²) < 4.78 is 19.9. The molecule has 1 aliphatic heterocycles. The van der Waals surface area contributed by atoms with Crippen LogP contribution in [-0.2, 0) is 36.9 Å². The Morgan fingerprint density at radius 2 is 1.55 bits per heavy atom. The lowest BCUT2D eigenvalue weighted by molar-refractivity contribution is -0.136. The van der Waals surface area contributed by atoms with E-state index >= 15 is 0 Å². The van der Waals surface area contributed by atoms with Gasteiger partial charge in [0.1, 0.15) is 28.2 Å². The van der Waals surface area contributed by atoms with Crippen LogP contribution in [0.2, 0.25) is 0 Å². The fraction of sp³-hybridized carbons (Fsp3) is 0.545. The minimum Gasteiger partial charge on any atom is -0.494 e. The van der Waals surface area contributed by atoms with E-state index < -0.39 is 11.3 Å². The number of benzene rings is 3. The van der Waals surface area contributed by atoms with E-state index in [1.807, 2.05) is 55.5 Å². The molecule has 51 heavy (non-hydrogen) atoms. The number of carbonyl (C=O) groups is 2. The first-order valence-corrected chi connectivity index (χ1v) is 19.6. The SMILES string of the molecule is CCCC1(CCCOc2ccc(CC(Cl)C(=O)O)cc2)CCc2c(CCC(C)C)c(OC(=O)c3ccc(C)cc3)c(CCC(C)C)c(CC)c2O1. The Labute approximate surface area is 311 Å². The molecule has 0 bridgehead atoms. The number of carboxylic acid groups (broad SMARTS) is 1. The van der Waals surface area contributed by atoms with Crippen LogP contribution in [0, 0.1) is 18.8 Å². The van der Waals surface area contributed by atoms with Crippen molar-refractivity contribution in [3.8, 4) is 17.2 Å². The van der Waals surface area contributed by atoms with E-state index in [1.54, 1.807) is 0 Å². The molecule has 4 rings (SSSR count). The number of aryl methyl sites for hydroxylation is 1. The zero-order valence-corrected chi connectivity index (χ0v) is 32.7. The van der Waals surface area contributed by atoms with Crippen molar-refractivity contribution in [2.75, 3.05) is 6.61 Å². The van der Waals surface area contributed by atoms with Crippen molar-refractivity contribution in [1.29, 1.82) is 0 Å². The number of carbonyl (C=O) groups excluding carboxylic acids is 1. The molecule has 0 amide bonds. The van der Waals surface area contributed by atoms with Gasteiger partial charge in [-0.1, -0.05) is 77.8 Å². The van der Waals surface area contributed by atoms with Crippen LogP contribution < -0.4 is 14.2 Å². The molecule has 3 aromatic carbocycles. The summed E-state index contributed by atoms with van der Waals surface area (Å²) in [5.74, 6) is 2.25. The van der Waals surface area contributed by atoms with Crippen molar-refractivity contribution in [3.63, 3.8) is 0 Å². The number of aliphatic carboxylic acids is 1. The summed E-state index contributed by atoms with van der Waals surface area (Å²) in [7, 11) is 0. The highest BCUT2D eigenvalue weighted by atomic mass is 35.5. The molecule has 6 nitrogen and oxygen atoms in total. The quantitative estimate of drug-likeness (QED) is 0.0575. The Hall–Kier alpha value is -3.51. The van der Waals surface area contributed by atoms with Gasteiger partial charge in [-0.05, 0) is 119 Å². The highest BCUT2D eigenvalue weighted by molar-refractivity contribution is 6.29. The third kappa shape index (κ3) is 11.0. The number of esters is 1. The largest absolute Gasteiger partial charge is 0.494 e. The zero-order chi connectivity index (χ0) is 37.1. The summed E-state index contributed by atoms with van der Waals surface area (Å²) in [5.41, 5.74) is 6.93. The third-order valence-corrected chi connectivity index (χ3v) is 10.5. The van der Waals surface area contributed by atoms with Crippen LogP contribution in [0.3, 0.4) is 0 Å². The summed E-state index contributed by atoms with van der Waals surface area (Å²) in [5, 5.41) is 8.16. The monoisotopic (exact) mass is 718 g/mol. The minimum absolute atomic E-state index is 0.268. The average Bonchev–Trinajstić information content (AvgIpc) is 3.09. The average molecular weight is 719 g/mol. The predicted octanol–water partition coefficient (Wildman–Crippen LogP) is 10.9. The number of rotatable bonds is 19. The van der Waals surface area contributed by atoms with Gasteiger partial charge in [0.25, 0.3) is 0 Å². The molecular weight excluding hydrogens is 660 g/mol. The maximum absolute atomic E-state index is 13.7. The molecule has 1 aliphatic rings. The highest BCUT2D eigenvalue weighted by Gasteiger charge is 2.39. The Morgan fingerprint density at radius 3 is 2.14 bits per heavy atom. The molecule has 2 atom stereocenters. The summed E-state index contributed by atoms with van der Waals surface area (Å²) in [6.45, 7) is 16.0.